The van der Waals surface area contributed by atoms with Gasteiger partial charge in [-0.05, 0) is 56.3 Å². The number of rotatable bonds is 7. The summed E-state index contributed by atoms with van der Waals surface area (Å²) in [5.74, 6) is 1.37. The van der Waals surface area contributed by atoms with Gasteiger partial charge in [-0.2, -0.15) is 0 Å². The third-order valence-corrected chi connectivity index (χ3v) is 4.34. The Labute approximate surface area is 149 Å². The predicted molar refractivity (Wildman–Crippen MR) is 100 cm³/mol. The lowest BCUT2D eigenvalue weighted by Crippen LogP contribution is -2.39. The number of hydrogen-bond donors (Lipinski definition) is 1. The van der Waals surface area contributed by atoms with Crippen molar-refractivity contribution in [1.29, 1.82) is 0 Å². The number of ether oxygens (including phenoxy) is 2. The highest BCUT2D eigenvalue weighted by Crippen LogP contribution is 2.30. The van der Waals surface area contributed by atoms with Crippen molar-refractivity contribution < 1.29 is 14.3 Å². The van der Waals surface area contributed by atoms with Crippen LogP contribution in [-0.4, -0.2) is 38.1 Å². The molecule has 0 fully saturated rings. The largest absolute Gasteiger partial charge is 0.493 e. The Morgan fingerprint density at radius 1 is 1.12 bits per heavy atom. The number of likely N-dealkylation sites (N-methyl/N-ethyl adjacent to an activating group) is 1. The molecular formula is C20H26N2O3. The van der Waals surface area contributed by atoms with Crippen molar-refractivity contribution >= 4 is 11.6 Å². The van der Waals surface area contributed by atoms with E-state index in [0.29, 0.717) is 18.0 Å². The lowest BCUT2D eigenvalue weighted by Gasteiger charge is -2.25. The van der Waals surface area contributed by atoms with Crippen LogP contribution in [0.3, 0.4) is 0 Å². The minimum atomic E-state index is -0.271. The number of nitrogens with zero attached hydrogens (tertiary/aromatic N) is 1. The van der Waals surface area contributed by atoms with Crippen molar-refractivity contribution in [2.24, 2.45) is 0 Å². The number of hydrogen-bond acceptors (Lipinski definition) is 4. The van der Waals surface area contributed by atoms with Crippen LogP contribution in [0.25, 0.3) is 0 Å². The summed E-state index contributed by atoms with van der Waals surface area (Å²) in [4.78, 5) is 14.5. The number of carbonyl (C=O) groups excluding carboxylic acids is 1. The molecule has 0 spiro atoms. The molecule has 0 aliphatic heterocycles. The summed E-state index contributed by atoms with van der Waals surface area (Å²) in [6.45, 7) is 4.56. The number of carbonyl (C=O) groups is 1. The Hall–Kier alpha value is -2.53. The van der Waals surface area contributed by atoms with Crippen LogP contribution in [-0.2, 0) is 11.3 Å². The van der Waals surface area contributed by atoms with Crippen LogP contribution in [0, 0.1) is 6.92 Å². The molecule has 0 heterocycles. The predicted octanol–water partition coefficient (Wildman–Crippen LogP) is 3.47. The van der Waals surface area contributed by atoms with Gasteiger partial charge < -0.3 is 14.8 Å². The van der Waals surface area contributed by atoms with Crippen molar-refractivity contribution in [3.8, 4) is 11.5 Å². The van der Waals surface area contributed by atoms with E-state index in [1.165, 1.54) is 0 Å². The quantitative estimate of drug-likeness (QED) is 0.837. The Balaban J connectivity index is 2.08. The summed E-state index contributed by atoms with van der Waals surface area (Å²) in [5, 5.41) is 2.94. The summed E-state index contributed by atoms with van der Waals surface area (Å²) in [6.07, 6.45) is 0. The van der Waals surface area contributed by atoms with Crippen LogP contribution >= 0.6 is 0 Å². The molecule has 0 saturated carbocycles. The van der Waals surface area contributed by atoms with E-state index in [1.54, 1.807) is 14.2 Å². The molecule has 0 saturated heterocycles. The topological polar surface area (TPSA) is 50.8 Å². The van der Waals surface area contributed by atoms with Gasteiger partial charge in [0.2, 0.25) is 5.91 Å². The summed E-state index contributed by atoms with van der Waals surface area (Å²) in [6, 6.07) is 13.1. The average Bonchev–Trinajstić information content (AvgIpc) is 2.62. The van der Waals surface area contributed by atoms with Crippen molar-refractivity contribution in [1.82, 2.24) is 4.90 Å². The van der Waals surface area contributed by atoms with E-state index in [2.05, 4.69) is 5.32 Å². The molecule has 2 aromatic carbocycles. The van der Waals surface area contributed by atoms with Gasteiger partial charge in [0.1, 0.15) is 0 Å². The normalized spacial score (nSPS) is 11.9. The molecule has 0 aliphatic rings. The van der Waals surface area contributed by atoms with Gasteiger partial charge in [0.05, 0.1) is 20.3 Å². The zero-order valence-corrected chi connectivity index (χ0v) is 15.5. The number of anilines is 1. The Bertz CT molecular complexity index is 716. The highest BCUT2D eigenvalue weighted by Gasteiger charge is 2.19. The van der Waals surface area contributed by atoms with Crippen molar-refractivity contribution in [2.75, 3.05) is 26.6 Å². The molecule has 0 bridgehead atoms. The monoisotopic (exact) mass is 342 g/mol. The third-order valence-electron chi connectivity index (χ3n) is 4.34. The lowest BCUT2D eigenvalue weighted by molar-refractivity contribution is -0.120. The fourth-order valence-corrected chi connectivity index (χ4v) is 2.57. The average molecular weight is 342 g/mol. The van der Waals surface area contributed by atoms with Crippen LogP contribution in [0.5, 0.6) is 11.5 Å². The smallest absolute Gasteiger partial charge is 0.241 e. The van der Waals surface area contributed by atoms with Crippen molar-refractivity contribution in [3.63, 3.8) is 0 Å². The number of methoxy groups -OCH3 is 2. The highest BCUT2D eigenvalue weighted by molar-refractivity contribution is 5.94. The second-order valence-electron chi connectivity index (χ2n) is 6.08. The van der Waals surface area contributed by atoms with Crippen LogP contribution in [0.15, 0.2) is 42.5 Å². The van der Waals surface area contributed by atoms with Crippen LogP contribution in [0.4, 0.5) is 5.69 Å². The molecule has 1 amide bonds. The molecular weight excluding hydrogens is 316 g/mol. The zero-order chi connectivity index (χ0) is 18.4. The first-order chi connectivity index (χ1) is 12.0. The molecule has 5 nitrogen and oxygen atoms in total. The fourth-order valence-electron chi connectivity index (χ4n) is 2.57. The van der Waals surface area contributed by atoms with Gasteiger partial charge in [0.15, 0.2) is 11.5 Å². The number of para-hydroxylation sites is 1. The minimum Gasteiger partial charge on any atom is -0.493 e. The van der Waals surface area contributed by atoms with Gasteiger partial charge in [0.25, 0.3) is 0 Å². The lowest BCUT2D eigenvalue weighted by atomic mass is 10.1. The standard InChI is InChI=1S/C20H26N2O3/c1-14-11-18(24-4)19(25-5)12-16(14)13-22(3)15(2)20(23)21-17-9-7-6-8-10-17/h6-12,15H,13H2,1-5H3,(H,21,23)/t15-/m1/s1. The van der Waals surface area contributed by atoms with Gasteiger partial charge in [-0.3, -0.25) is 9.69 Å². The molecule has 134 valence electrons. The number of amides is 1. The molecule has 25 heavy (non-hydrogen) atoms. The van der Waals surface area contributed by atoms with E-state index in [-0.39, 0.29) is 11.9 Å². The van der Waals surface area contributed by atoms with E-state index in [9.17, 15) is 4.79 Å². The Kier molecular flexibility index (Phi) is 6.42. The minimum absolute atomic E-state index is 0.0353. The van der Waals surface area contributed by atoms with Crippen molar-refractivity contribution in [3.05, 3.63) is 53.6 Å². The maximum Gasteiger partial charge on any atom is 0.241 e. The Morgan fingerprint density at radius 3 is 2.32 bits per heavy atom. The second-order valence-corrected chi connectivity index (χ2v) is 6.08. The van der Waals surface area contributed by atoms with E-state index in [0.717, 1.165) is 16.8 Å². The third kappa shape index (κ3) is 4.73. The maximum absolute atomic E-state index is 12.5. The number of benzene rings is 2. The molecule has 0 unspecified atom stereocenters. The molecule has 1 N–H and O–H groups in total. The Morgan fingerprint density at radius 2 is 1.72 bits per heavy atom. The molecule has 0 aliphatic carbocycles. The summed E-state index contributed by atoms with van der Waals surface area (Å²) in [7, 11) is 5.18. The molecule has 0 aromatic heterocycles. The van der Waals surface area contributed by atoms with Crippen LogP contribution < -0.4 is 14.8 Å². The first kappa shape index (κ1) is 18.8. The summed E-state index contributed by atoms with van der Waals surface area (Å²) >= 11 is 0. The zero-order valence-electron chi connectivity index (χ0n) is 15.5. The van der Waals surface area contributed by atoms with E-state index in [1.807, 2.05) is 68.3 Å². The molecule has 2 rings (SSSR count). The number of nitrogens with one attached hydrogen (secondary N) is 1. The fraction of sp³-hybridized carbons (Fsp3) is 0.350. The highest BCUT2D eigenvalue weighted by atomic mass is 16.5. The van der Waals surface area contributed by atoms with Crippen molar-refractivity contribution in [2.45, 2.75) is 26.4 Å². The van der Waals surface area contributed by atoms with E-state index >= 15 is 0 Å². The van der Waals surface area contributed by atoms with E-state index in [4.69, 9.17) is 9.47 Å². The first-order valence-electron chi connectivity index (χ1n) is 8.24. The molecule has 2 aromatic rings. The van der Waals surface area contributed by atoms with Gasteiger partial charge >= 0.3 is 0 Å². The molecule has 5 heteroatoms. The van der Waals surface area contributed by atoms with Gasteiger partial charge in [-0.15, -0.1) is 0 Å². The van der Waals surface area contributed by atoms with E-state index < -0.39 is 0 Å². The molecule has 1 atom stereocenters. The van der Waals surface area contributed by atoms with Gasteiger partial charge in [0, 0.05) is 12.2 Å². The van der Waals surface area contributed by atoms with Crippen LogP contribution in [0.1, 0.15) is 18.1 Å². The first-order valence-corrected chi connectivity index (χ1v) is 8.24. The number of aryl methyl sites for hydroxylation is 1. The second kappa shape index (κ2) is 8.53. The summed E-state index contributed by atoms with van der Waals surface area (Å²) in [5.41, 5.74) is 3.00. The summed E-state index contributed by atoms with van der Waals surface area (Å²) < 4.78 is 10.7. The van der Waals surface area contributed by atoms with Gasteiger partial charge in [-0.1, -0.05) is 18.2 Å². The van der Waals surface area contributed by atoms with Gasteiger partial charge in [-0.25, -0.2) is 0 Å². The molecule has 0 radical (unpaired) electrons. The maximum atomic E-state index is 12.5. The van der Waals surface area contributed by atoms with Crippen LogP contribution in [0.2, 0.25) is 0 Å². The SMILES string of the molecule is COc1cc(C)c(CN(C)[C@H](C)C(=O)Nc2ccccc2)cc1OC.